The number of aliphatic hydroxyl groups is 5. The minimum Gasteiger partial charge on any atom is -0.394 e. The molecule has 382 valence electrons. The zero-order chi connectivity index (χ0) is 48.7. The summed E-state index contributed by atoms with van der Waals surface area (Å²) in [5.74, 6) is -0.198. The Morgan fingerprint density at radius 2 is 0.940 bits per heavy atom. The minimum absolute atomic E-state index is 0.198. The lowest BCUT2D eigenvalue weighted by atomic mass is 9.99. The molecule has 0 spiro atoms. The van der Waals surface area contributed by atoms with Crippen LogP contribution >= 0.6 is 0 Å². The number of hydrogen-bond donors (Lipinski definition) is 6. The van der Waals surface area contributed by atoms with E-state index in [-0.39, 0.29) is 12.5 Å². The summed E-state index contributed by atoms with van der Waals surface area (Å²) in [6.07, 6.45) is 61.6. The van der Waals surface area contributed by atoms with E-state index >= 15 is 0 Å². The van der Waals surface area contributed by atoms with Crippen LogP contribution in [0.5, 0.6) is 0 Å². The molecule has 1 aliphatic rings. The number of ether oxygens (including phenoxy) is 2. The van der Waals surface area contributed by atoms with Crippen molar-refractivity contribution in [3.8, 4) is 0 Å². The Hall–Kier alpha value is -3.15. The molecule has 1 fully saturated rings. The molecular formula is C58H97NO8. The fraction of sp³-hybridized carbons (Fsp3) is 0.672. The van der Waals surface area contributed by atoms with E-state index in [2.05, 4.69) is 116 Å². The number of allylic oxidation sites excluding steroid dienone is 17. The molecule has 9 heteroatoms. The Bertz CT molecular complexity index is 1410. The van der Waals surface area contributed by atoms with E-state index in [1.54, 1.807) is 6.08 Å². The number of rotatable bonds is 43. The third-order valence-corrected chi connectivity index (χ3v) is 11.8. The molecule has 0 aromatic rings. The molecule has 0 aromatic heterocycles. The molecule has 0 bridgehead atoms. The first-order valence-electron chi connectivity index (χ1n) is 26.6. The number of carbonyl (C=O) groups excluding carboxylic acids is 1. The second-order valence-electron chi connectivity index (χ2n) is 17.9. The monoisotopic (exact) mass is 936 g/mol. The highest BCUT2D eigenvalue weighted by atomic mass is 16.7. The predicted molar refractivity (Wildman–Crippen MR) is 281 cm³/mol. The fourth-order valence-electron chi connectivity index (χ4n) is 7.61. The number of carbonyl (C=O) groups is 1. The van der Waals surface area contributed by atoms with Crippen LogP contribution in [0.2, 0.25) is 0 Å². The lowest BCUT2D eigenvalue weighted by Gasteiger charge is -2.40. The average molecular weight is 936 g/mol. The van der Waals surface area contributed by atoms with Gasteiger partial charge in [0.2, 0.25) is 5.91 Å². The number of unbranched alkanes of at least 4 members (excludes halogenated alkanes) is 17. The van der Waals surface area contributed by atoms with Gasteiger partial charge in [0.25, 0.3) is 0 Å². The molecule has 0 saturated carbocycles. The van der Waals surface area contributed by atoms with Gasteiger partial charge in [-0.1, -0.05) is 207 Å². The third kappa shape index (κ3) is 36.5. The molecule has 9 nitrogen and oxygen atoms in total. The Balaban J connectivity index is 2.16. The van der Waals surface area contributed by atoms with Crippen molar-refractivity contribution < 1.29 is 39.8 Å². The molecular weight excluding hydrogens is 839 g/mol. The van der Waals surface area contributed by atoms with Gasteiger partial charge in [0, 0.05) is 6.42 Å². The largest absolute Gasteiger partial charge is 0.394 e. The van der Waals surface area contributed by atoms with Gasteiger partial charge >= 0.3 is 0 Å². The van der Waals surface area contributed by atoms with Gasteiger partial charge in [-0.2, -0.15) is 0 Å². The summed E-state index contributed by atoms with van der Waals surface area (Å²) in [5, 5.41) is 54.2. The third-order valence-electron chi connectivity index (χ3n) is 11.8. The number of amides is 1. The smallest absolute Gasteiger partial charge is 0.220 e. The van der Waals surface area contributed by atoms with Gasteiger partial charge in [-0.3, -0.25) is 4.79 Å². The summed E-state index contributed by atoms with van der Waals surface area (Å²) in [7, 11) is 0. The molecule has 0 aromatic carbocycles. The van der Waals surface area contributed by atoms with E-state index in [4.69, 9.17) is 9.47 Å². The first-order valence-corrected chi connectivity index (χ1v) is 26.6. The molecule has 1 amide bonds. The van der Waals surface area contributed by atoms with Gasteiger partial charge < -0.3 is 40.3 Å². The van der Waals surface area contributed by atoms with Crippen molar-refractivity contribution in [3.05, 3.63) is 109 Å². The van der Waals surface area contributed by atoms with Crippen molar-refractivity contribution in [2.75, 3.05) is 13.2 Å². The zero-order valence-corrected chi connectivity index (χ0v) is 42.1. The van der Waals surface area contributed by atoms with Crippen LogP contribution in [-0.4, -0.2) is 87.5 Å². The van der Waals surface area contributed by atoms with Gasteiger partial charge in [-0.05, 0) is 89.9 Å². The van der Waals surface area contributed by atoms with Crippen LogP contribution in [0.15, 0.2) is 109 Å². The van der Waals surface area contributed by atoms with Crippen LogP contribution in [0.25, 0.3) is 0 Å². The Labute approximate surface area is 408 Å². The Kier molecular flexibility index (Phi) is 43.0. The maximum absolute atomic E-state index is 13.0. The highest BCUT2D eigenvalue weighted by Gasteiger charge is 2.44. The SMILES string of the molecule is CC/C=C\C/C=C\C/C=C\C/C=C\C/C=C\C/C=C\CCCCCCCCCCCCCCCCC(=O)NC(COC1OC(CO)C(O)C(O)C1O)C(O)/C=C/CC/C=C/CC/C=C/CCC. The van der Waals surface area contributed by atoms with Gasteiger partial charge in [-0.25, -0.2) is 0 Å². The topological polar surface area (TPSA) is 149 Å². The summed E-state index contributed by atoms with van der Waals surface area (Å²) in [6, 6.07) is -0.833. The van der Waals surface area contributed by atoms with Crippen LogP contribution in [0.4, 0.5) is 0 Å². The second-order valence-corrected chi connectivity index (χ2v) is 17.9. The molecule has 1 saturated heterocycles. The lowest BCUT2D eigenvalue weighted by molar-refractivity contribution is -0.302. The summed E-state index contributed by atoms with van der Waals surface area (Å²) in [4.78, 5) is 13.0. The second kappa shape index (κ2) is 46.6. The van der Waals surface area contributed by atoms with Crippen molar-refractivity contribution in [2.45, 2.75) is 236 Å². The molecule has 7 atom stereocenters. The average Bonchev–Trinajstić information content (AvgIpc) is 3.33. The van der Waals surface area contributed by atoms with Crippen molar-refractivity contribution >= 4 is 5.91 Å². The van der Waals surface area contributed by atoms with Crippen molar-refractivity contribution in [2.24, 2.45) is 0 Å². The standard InChI is InChI=1S/C58H97NO8/c1-3-5-7-9-11-13-15-16-17-18-19-20-21-22-23-24-25-26-27-28-29-30-31-32-33-34-35-36-38-40-42-44-46-48-54(62)59-51(50-66-58-57(65)56(64)55(63)53(49-60)67-58)52(61)47-45-43-41-39-37-14-12-10-8-6-4-2/h5,7-8,10-11,13,16-17,19-20,22-23,25-26,37,39,45,47,51-53,55-58,60-61,63-65H,3-4,6,9,12,14-15,18,21,24,27-36,38,40-44,46,48-50H2,1-2H3,(H,59,62)/b7-5-,10-8+,13-11-,17-16-,20-19-,23-22-,26-25-,39-37+,47-45+. The summed E-state index contributed by atoms with van der Waals surface area (Å²) in [5.41, 5.74) is 0. The van der Waals surface area contributed by atoms with Crippen molar-refractivity contribution in [1.29, 1.82) is 0 Å². The van der Waals surface area contributed by atoms with E-state index < -0.39 is 49.5 Å². The maximum Gasteiger partial charge on any atom is 0.220 e. The van der Waals surface area contributed by atoms with Gasteiger partial charge in [0.1, 0.15) is 24.4 Å². The Morgan fingerprint density at radius 3 is 1.42 bits per heavy atom. The number of nitrogens with one attached hydrogen (secondary N) is 1. The quantitative estimate of drug-likeness (QED) is 0.0261. The predicted octanol–water partition coefficient (Wildman–Crippen LogP) is 12.6. The van der Waals surface area contributed by atoms with E-state index in [0.29, 0.717) is 6.42 Å². The Morgan fingerprint density at radius 1 is 0.522 bits per heavy atom. The molecule has 1 heterocycles. The van der Waals surface area contributed by atoms with Gasteiger partial charge in [0.15, 0.2) is 6.29 Å². The van der Waals surface area contributed by atoms with Crippen LogP contribution in [0.1, 0.15) is 194 Å². The minimum atomic E-state index is -1.58. The normalized spacial score (nSPS) is 20.6. The molecule has 1 aliphatic heterocycles. The molecule has 0 aliphatic carbocycles. The fourth-order valence-corrected chi connectivity index (χ4v) is 7.61. The first kappa shape index (κ1) is 61.9. The van der Waals surface area contributed by atoms with Crippen LogP contribution in [0.3, 0.4) is 0 Å². The lowest BCUT2D eigenvalue weighted by Crippen LogP contribution is -2.60. The molecule has 1 rings (SSSR count). The van der Waals surface area contributed by atoms with E-state index in [1.807, 2.05) is 6.08 Å². The molecule has 7 unspecified atom stereocenters. The summed E-state index contributed by atoms with van der Waals surface area (Å²) in [6.45, 7) is 3.54. The number of hydrogen-bond acceptors (Lipinski definition) is 8. The highest BCUT2D eigenvalue weighted by Crippen LogP contribution is 2.22. The van der Waals surface area contributed by atoms with E-state index in [9.17, 15) is 30.3 Å². The molecule has 67 heavy (non-hydrogen) atoms. The highest BCUT2D eigenvalue weighted by molar-refractivity contribution is 5.76. The van der Waals surface area contributed by atoms with Crippen LogP contribution < -0.4 is 5.32 Å². The van der Waals surface area contributed by atoms with Gasteiger partial charge in [-0.15, -0.1) is 0 Å². The van der Waals surface area contributed by atoms with Crippen molar-refractivity contribution in [3.63, 3.8) is 0 Å². The summed E-state index contributed by atoms with van der Waals surface area (Å²) < 4.78 is 11.2. The number of aliphatic hydroxyl groups excluding tert-OH is 5. The molecule has 6 N–H and O–H groups in total. The summed E-state index contributed by atoms with van der Waals surface area (Å²) >= 11 is 0. The van der Waals surface area contributed by atoms with Crippen molar-refractivity contribution in [1.82, 2.24) is 5.32 Å². The first-order chi connectivity index (χ1) is 32.8. The zero-order valence-electron chi connectivity index (χ0n) is 42.1. The molecule has 0 radical (unpaired) electrons. The van der Waals surface area contributed by atoms with E-state index in [0.717, 1.165) is 96.3 Å². The maximum atomic E-state index is 13.0. The van der Waals surface area contributed by atoms with E-state index in [1.165, 1.54) is 77.0 Å². The van der Waals surface area contributed by atoms with Crippen LogP contribution in [0, 0.1) is 0 Å². The van der Waals surface area contributed by atoms with Gasteiger partial charge in [0.05, 0.1) is 25.4 Å². The van der Waals surface area contributed by atoms with Crippen LogP contribution in [-0.2, 0) is 14.3 Å².